The molecule has 7 unspecified atom stereocenters. The van der Waals surface area contributed by atoms with Gasteiger partial charge in [0.25, 0.3) is 11.7 Å². The van der Waals surface area contributed by atoms with E-state index >= 15 is 0 Å². The molecule has 49 heavy (non-hydrogen) atoms. The fourth-order valence-corrected chi connectivity index (χ4v) is 7.11. The quantitative estimate of drug-likeness (QED) is 0.142. The van der Waals surface area contributed by atoms with Gasteiger partial charge >= 0.3 is 0 Å². The molecule has 250 valence electrons. The van der Waals surface area contributed by atoms with Crippen LogP contribution >= 0.6 is 0 Å². The zero-order valence-electron chi connectivity index (χ0n) is 25.6. The number of rotatable bonds is 2. The second-order valence-corrected chi connectivity index (χ2v) is 12.3. The first-order chi connectivity index (χ1) is 23.6. The average molecular weight is 669 g/mol. The number of ether oxygens (including phenoxy) is 3. The largest absolute Gasteiger partial charge is 0.504 e. The molecule has 3 aromatic carbocycles. The highest BCUT2D eigenvalue weighted by atomic mass is 16.7. The van der Waals surface area contributed by atoms with Crippen LogP contribution in [0.5, 0.6) is 11.5 Å². The third-order valence-electron chi connectivity index (χ3n) is 9.52. The number of nitrogens with zero attached hydrogens (tertiary/aromatic N) is 2. The lowest BCUT2D eigenvalue weighted by atomic mass is 9.79. The Balaban J connectivity index is 1.33. The molecule has 1 fully saturated rings. The normalized spacial score (nSPS) is 29.2. The standard InChI is InChI=1S/C34H29N5O10/c35-34-37-31-23(32(46)38-34)36-13-39(31)20-8-4-3-5-15(20)14-9-10-47-12-21-26(42)28(44)29(45)33(48-21)49-30-18(14)11-19-22(27(30)43)25(41)17-7-2-1-6-16(17)24(19)40/h1-8,11,14,21,26,28-29,33,42-45H,9-10,12-13H2,(H2,35,38,46)/p+1. The number of hydrogen-bond acceptors (Lipinski definition) is 12. The van der Waals surface area contributed by atoms with Gasteiger partial charge in [-0.2, -0.15) is 4.99 Å². The van der Waals surface area contributed by atoms with Crippen LogP contribution in [-0.4, -0.2) is 106 Å². The predicted molar refractivity (Wildman–Crippen MR) is 169 cm³/mol. The topological polar surface area (TPSA) is 225 Å². The van der Waals surface area contributed by atoms with Crippen LogP contribution < -0.4 is 15.0 Å². The second-order valence-electron chi connectivity index (χ2n) is 12.3. The van der Waals surface area contributed by atoms with Crippen LogP contribution in [0.1, 0.15) is 55.3 Å². The van der Waals surface area contributed by atoms with Gasteiger partial charge in [-0.25, -0.2) is 9.89 Å². The molecule has 0 spiro atoms. The maximum Gasteiger partial charge on any atom is 0.284 e. The number of benzene rings is 3. The number of aliphatic hydroxyl groups is 3. The van der Waals surface area contributed by atoms with Crippen molar-refractivity contribution < 1.29 is 53.9 Å². The van der Waals surface area contributed by atoms with E-state index in [1.165, 1.54) is 18.2 Å². The first kappa shape index (κ1) is 31.1. The van der Waals surface area contributed by atoms with E-state index < -0.39 is 59.8 Å². The SMILES string of the molecule is N=C1N=C2C(=NC[NH+]2c2ccccc2C2CCOCC3OC(Oc4c2cc2c(c4O)C(=O)c4ccccc4C2=O)C(O)C(O)C3O)C(=O)N1. The number of carbonyl (C=O) groups excluding carboxylic acids is 3. The molecule has 0 saturated carbocycles. The fraction of sp³-hybridized carbons (Fsp3) is 0.294. The molecule has 1 aliphatic carbocycles. The van der Waals surface area contributed by atoms with Crippen LogP contribution in [0.25, 0.3) is 0 Å². The van der Waals surface area contributed by atoms with Crippen LogP contribution in [0.15, 0.2) is 64.6 Å². The summed E-state index contributed by atoms with van der Waals surface area (Å²) in [6, 6.07) is 15.0. The minimum absolute atomic E-state index is 0.0545. The van der Waals surface area contributed by atoms with Gasteiger partial charge in [0.2, 0.25) is 18.0 Å². The van der Waals surface area contributed by atoms with Gasteiger partial charge in [0.15, 0.2) is 29.7 Å². The Morgan fingerprint density at radius 3 is 2.43 bits per heavy atom. The number of amides is 1. The summed E-state index contributed by atoms with van der Waals surface area (Å²) in [4.78, 5) is 49.6. The molecule has 5 aliphatic rings. The van der Waals surface area contributed by atoms with Gasteiger partial charge in [-0.3, -0.25) is 25.1 Å². The Morgan fingerprint density at radius 1 is 0.898 bits per heavy atom. The van der Waals surface area contributed by atoms with Crippen LogP contribution in [0.2, 0.25) is 0 Å². The van der Waals surface area contributed by atoms with Crippen molar-refractivity contribution in [2.45, 2.75) is 43.0 Å². The van der Waals surface area contributed by atoms with Gasteiger partial charge in [-0.1, -0.05) is 42.5 Å². The number of aliphatic imine (C=N–C) groups is 2. The number of carbonyl (C=O) groups is 3. The molecule has 7 atom stereocenters. The summed E-state index contributed by atoms with van der Waals surface area (Å²) < 4.78 is 17.9. The van der Waals surface area contributed by atoms with Gasteiger partial charge in [0.1, 0.15) is 30.1 Å². The monoisotopic (exact) mass is 668 g/mol. The number of fused-ring (bicyclic) bond motifs is 6. The lowest BCUT2D eigenvalue weighted by Gasteiger charge is -2.40. The maximum atomic E-state index is 13.9. The Bertz CT molecular complexity index is 2030. The minimum Gasteiger partial charge on any atom is -0.504 e. The van der Waals surface area contributed by atoms with Crippen LogP contribution in [-0.2, 0) is 14.3 Å². The second kappa shape index (κ2) is 11.8. The number of phenols is 1. The van der Waals surface area contributed by atoms with E-state index in [-0.39, 0.29) is 77.4 Å². The summed E-state index contributed by atoms with van der Waals surface area (Å²) >= 11 is 0. The lowest BCUT2D eigenvalue weighted by Crippen LogP contribution is -3.09. The average Bonchev–Trinajstić information content (AvgIpc) is 3.51. The smallest absolute Gasteiger partial charge is 0.284 e. The summed E-state index contributed by atoms with van der Waals surface area (Å²) in [6.45, 7) is -0.0168. The first-order valence-electron chi connectivity index (χ1n) is 15.6. The minimum atomic E-state index is -1.77. The summed E-state index contributed by atoms with van der Waals surface area (Å²) in [5, 5.41) is 54.5. The summed E-state index contributed by atoms with van der Waals surface area (Å²) in [6.07, 6.45) is -7.49. The molecule has 4 aliphatic heterocycles. The van der Waals surface area contributed by atoms with Gasteiger partial charge in [0, 0.05) is 40.3 Å². The highest BCUT2D eigenvalue weighted by Crippen LogP contribution is 2.48. The van der Waals surface area contributed by atoms with Crippen molar-refractivity contribution in [1.29, 1.82) is 5.41 Å². The van der Waals surface area contributed by atoms with Crippen molar-refractivity contribution in [3.05, 3.63) is 88.0 Å². The third-order valence-corrected chi connectivity index (χ3v) is 9.52. The first-order valence-corrected chi connectivity index (χ1v) is 15.6. The van der Waals surface area contributed by atoms with E-state index in [2.05, 4.69) is 15.3 Å². The molecule has 4 heterocycles. The van der Waals surface area contributed by atoms with Gasteiger partial charge in [0.05, 0.1) is 12.2 Å². The van der Waals surface area contributed by atoms with Gasteiger partial charge < -0.3 is 34.6 Å². The molecule has 15 heteroatoms. The number of amidine groups is 1. The number of aliphatic hydroxyl groups excluding tert-OH is 3. The molecular weight excluding hydrogens is 638 g/mol. The molecule has 15 nitrogen and oxygen atoms in total. The number of ketones is 2. The number of nitrogens with one attached hydrogen (secondary N) is 3. The Hall–Kier alpha value is -5.16. The van der Waals surface area contributed by atoms with E-state index in [0.717, 1.165) is 0 Å². The molecular formula is C34H30N5O10+. The van der Waals surface area contributed by atoms with Crippen molar-refractivity contribution in [2.75, 3.05) is 19.9 Å². The lowest BCUT2D eigenvalue weighted by molar-refractivity contribution is -0.723. The van der Waals surface area contributed by atoms with E-state index in [1.807, 2.05) is 12.1 Å². The molecule has 7 N–H and O–H groups in total. The summed E-state index contributed by atoms with van der Waals surface area (Å²) in [5.74, 6) is -3.35. The third kappa shape index (κ3) is 4.89. The van der Waals surface area contributed by atoms with Gasteiger partial charge in [-0.05, 0) is 18.6 Å². The zero-order chi connectivity index (χ0) is 34.1. The van der Waals surface area contributed by atoms with E-state index in [9.17, 15) is 34.8 Å². The van der Waals surface area contributed by atoms with Crippen LogP contribution in [0.4, 0.5) is 5.69 Å². The molecule has 0 aromatic heterocycles. The highest BCUT2D eigenvalue weighted by Gasteiger charge is 2.47. The molecule has 2 bridgehead atoms. The number of aromatic hydroxyl groups is 1. The number of hydrogen-bond donors (Lipinski definition) is 7. The van der Waals surface area contributed by atoms with E-state index in [1.54, 1.807) is 24.3 Å². The molecule has 1 saturated heterocycles. The van der Waals surface area contributed by atoms with Crippen molar-refractivity contribution in [3.63, 3.8) is 0 Å². The predicted octanol–water partition coefficient (Wildman–Crippen LogP) is -0.702. The Morgan fingerprint density at radius 2 is 1.63 bits per heavy atom. The highest BCUT2D eigenvalue weighted by molar-refractivity contribution is 6.68. The molecule has 1 amide bonds. The number of phenolic OH excluding ortho intramolecular Hbond substituents is 1. The Kier molecular flexibility index (Phi) is 7.47. The maximum absolute atomic E-state index is 13.9. The number of guanidine groups is 1. The zero-order valence-corrected chi connectivity index (χ0v) is 25.6. The molecule has 8 rings (SSSR count). The molecule has 3 aromatic rings. The van der Waals surface area contributed by atoms with Gasteiger partial charge in [-0.15, -0.1) is 0 Å². The number of para-hydroxylation sites is 1. The van der Waals surface area contributed by atoms with E-state index in [4.69, 9.17) is 19.6 Å². The van der Waals surface area contributed by atoms with Crippen LogP contribution in [0.3, 0.4) is 0 Å². The van der Waals surface area contributed by atoms with Crippen molar-refractivity contribution in [1.82, 2.24) is 5.32 Å². The number of quaternary nitrogens is 1. The fourth-order valence-electron chi connectivity index (χ4n) is 7.11. The van der Waals surface area contributed by atoms with Crippen molar-refractivity contribution in [3.8, 4) is 11.5 Å². The van der Waals surface area contributed by atoms with Crippen molar-refractivity contribution in [2.24, 2.45) is 9.98 Å². The Labute approximate surface area is 277 Å². The molecule has 0 radical (unpaired) electrons. The van der Waals surface area contributed by atoms with E-state index in [0.29, 0.717) is 16.2 Å². The summed E-state index contributed by atoms with van der Waals surface area (Å²) in [5.41, 5.74) is 1.55. The van der Waals surface area contributed by atoms with Crippen molar-refractivity contribution >= 4 is 40.7 Å². The van der Waals surface area contributed by atoms with Crippen LogP contribution in [0, 0.1) is 5.41 Å². The summed E-state index contributed by atoms with van der Waals surface area (Å²) in [7, 11) is 0.